The van der Waals surface area contributed by atoms with Gasteiger partial charge in [-0.05, 0) is 73.8 Å². The number of ether oxygens (including phenoxy) is 2. The number of hydrogen-bond acceptors (Lipinski definition) is 9. The number of unbranched alkanes of at least 4 members (excludes halogenated alkanes) is 1. The zero-order chi connectivity index (χ0) is 38.9. The lowest BCUT2D eigenvalue weighted by molar-refractivity contribution is -0.135. The quantitative estimate of drug-likeness (QED) is 0.156. The van der Waals surface area contributed by atoms with Crippen LogP contribution in [0.15, 0.2) is 41.1 Å². The van der Waals surface area contributed by atoms with E-state index >= 15 is 0 Å². The molecule has 14 heteroatoms. The second kappa shape index (κ2) is 18.4. The second-order valence-corrected chi connectivity index (χ2v) is 15.1. The van der Waals surface area contributed by atoms with E-state index < -0.39 is 24.3 Å². The van der Waals surface area contributed by atoms with Crippen molar-refractivity contribution in [2.24, 2.45) is 11.8 Å². The van der Waals surface area contributed by atoms with E-state index in [1.807, 2.05) is 27.7 Å². The number of carbonyl (C=O) groups is 4. The van der Waals surface area contributed by atoms with Crippen LogP contribution >= 0.6 is 0 Å². The topological polar surface area (TPSA) is 172 Å². The molecule has 4 amide bonds. The molecule has 0 spiro atoms. The molecule has 1 aliphatic heterocycles. The van der Waals surface area contributed by atoms with Gasteiger partial charge in [0.1, 0.15) is 24.4 Å². The van der Waals surface area contributed by atoms with Crippen LogP contribution in [0.25, 0.3) is 11.3 Å². The summed E-state index contributed by atoms with van der Waals surface area (Å²) in [5.74, 6) is 1.08. The van der Waals surface area contributed by atoms with Gasteiger partial charge >= 0.3 is 12.2 Å². The van der Waals surface area contributed by atoms with Gasteiger partial charge in [-0.15, -0.1) is 0 Å². The number of nitrogens with zero attached hydrogens (tertiary/aromatic N) is 4. The van der Waals surface area contributed by atoms with Gasteiger partial charge in [0.05, 0.1) is 31.8 Å². The highest BCUT2D eigenvalue weighted by Crippen LogP contribution is 2.42. The molecular formula is C40H57N7O7. The molecule has 1 saturated heterocycles. The average molecular weight is 748 g/mol. The molecule has 0 radical (unpaired) electrons. The minimum Gasteiger partial charge on any atom is -0.453 e. The van der Waals surface area contributed by atoms with Crippen LogP contribution in [-0.4, -0.2) is 83.2 Å². The van der Waals surface area contributed by atoms with Crippen molar-refractivity contribution < 1.29 is 33.1 Å². The summed E-state index contributed by atoms with van der Waals surface area (Å²) in [6.07, 6.45) is 9.54. The molecule has 294 valence electrons. The van der Waals surface area contributed by atoms with Crippen LogP contribution < -0.4 is 15.5 Å². The summed E-state index contributed by atoms with van der Waals surface area (Å²) in [7, 11) is 2.57. The Labute approximate surface area is 318 Å². The Balaban J connectivity index is 1.20. The van der Waals surface area contributed by atoms with Crippen molar-refractivity contribution in [3.05, 3.63) is 53.9 Å². The summed E-state index contributed by atoms with van der Waals surface area (Å²) >= 11 is 0. The SMILES string of the molecule is CCCCN(C(=O)[C@@H](NC(=O)OC)C(C)C)c1ncc(-c2ccc([C@H]3CC[C@H](c4coc(C5CCCN5C(=O)[C@@H](NC(=O)OC)C(C)C)n4)CC3)cc2)[nH]1. The lowest BCUT2D eigenvalue weighted by atomic mass is 9.77. The van der Waals surface area contributed by atoms with Gasteiger partial charge in [0.15, 0.2) is 0 Å². The highest BCUT2D eigenvalue weighted by molar-refractivity contribution is 5.97. The number of alkyl carbamates (subject to hydrolysis) is 2. The van der Waals surface area contributed by atoms with Gasteiger partial charge in [0.25, 0.3) is 5.91 Å². The van der Waals surface area contributed by atoms with Crippen molar-refractivity contribution in [3.63, 3.8) is 0 Å². The fourth-order valence-corrected chi connectivity index (χ4v) is 7.56. The average Bonchev–Trinajstić information content (AvgIpc) is 3.97. The molecule has 2 aromatic heterocycles. The molecule has 0 bridgehead atoms. The molecule has 2 fully saturated rings. The van der Waals surface area contributed by atoms with Crippen LogP contribution in [0.1, 0.15) is 121 Å². The fourth-order valence-electron chi connectivity index (χ4n) is 7.56. The molecule has 2 aliphatic rings. The number of H-pyrrole nitrogens is 1. The molecule has 14 nitrogen and oxygen atoms in total. The predicted molar refractivity (Wildman–Crippen MR) is 204 cm³/mol. The van der Waals surface area contributed by atoms with Crippen molar-refractivity contribution in [2.45, 2.75) is 116 Å². The van der Waals surface area contributed by atoms with Crippen LogP contribution in [0.3, 0.4) is 0 Å². The Morgan fingerprint density at radius 1 is 0.926 bits per heavy atom. The van der Waals surface area contributed by atoms with Crippen LogP contribution in [0.2, 0.25) is 0 Å². The lowest BCUT2D eigenvalue weighted by Crippen LogP contribution is -2.52. The van der Waals surface area contributed by atoms with Crippen LogP contribution in [-0.2, 0) is 19.1 Å². The maximum absolute atomic E-state index is 13.7. The normalized spacial score (nSPS) is 19.7. The van der Waals surface area contributed by atoms with Crippen LogP contribution in [0.4, 0.5) is 15.5 Å². The van der Waals surface area contributed by atoms with Gasteiger partial charge in [-0.25, -0.2) is 19.6 Å². The Morgan fingerprint density at radius 3 is 2.17 bits per heavy atom. The predicted octanol–water partition coefficient (Wildman–Crippen LogP) is 7.06. The minimum absolute atomic E-state index is 0.104. The first kappa shape index (κ1) is 40.3. The number of rotatable bonds is 14. The van der Waals surface area contributed by atoms with Gasteiger partial charge in [-0.1, -0.05) is 65.3 Å². The first-order chi connectivity index (χ1) is 25.9. The molecule has 3 aromatic rings. The third-order valence-corrected chi connectivity index (χ3v) is 10.8. The third-order valence-electron chi connectivity index (χ3n) is 10.8. The number of likely N-dealkylation sites (tertiary alicyclic amines) is 1. The first-order valence-electron chi connectivity index (χ1n) is 19.4. The number of amides is 4. The number of carbonyl (C=O) groups excluding carboxylic acids is 4. The van der Waals surface area contributed by atoms with Gasteiger partial charge in [-0.3, -0.25) is 14.5 Å². The molecule has 5 rings (SSSR count). The number of oxazole rings is 1. The summed E-state index contributed by atoms with van der Waals surface area (Å²) in [6, 6.07) is 6.84. The summed E-state index contributed by atoms with van der Waals surface area (Å²) in [4.78, 5) is 67.4. The lowest BCUT2D eigenvalue weighted by Gasteiger charge is -2.29. The molecular weight excluding hydrogens is 690 g/mol. The summed E-state index contributed by atoms with van der Waals surface area (Å²) in [5.41, 5.74) is 4.00. The van der Waals surface area contributed by atoms with Crippen molar-refractivity contribution in [1.29, 1.82) is 0 Å². The van der Waals surface area contributed by atoms with E-state index in [4.69, 9.17) is 18.9 Å². The zero-order valence-electron chi connectivity index (χ0n) is 32.7. The highest BCUT2D eigenvalue weighted by atomic mass is 16.5. The number of imidazole rings is 1. The number of aromatic amines is 1. The Hall–Kier alpha value is -4.88. The standard InChI is InChI=1S/C40H57N7O7/c1-8-9-20-47(37(49)34(25(4)5)45-40(51)53-7)38-41-22-30(43-38)28-16-12-26(13-17-28)27-14-18-29(19-15-27)31-23-54-35(42-31)32-11-10-21-46(32)36(48)33(24(2)3)44-39(50)52-6/h12-13,16-17,22-25,27,29,32-34H,8-11,14-15,18-21H2,1-7H3,(H,41,43)(H,44,50)(H,45,51)/t27-,29-,32?,33-,34-/m0/s1. The largest absolute Gasteiger partial charge is 0.453 e. The fraction of sp³-hybridized carbons (Fsp3) is 0.600. The number of hydrogen-bond donors (Lipinski definition) is 3. The highest BCUT2D eigenvalue weighted by Gasteiger charge is 2.39. The van der Waals surface area contributed by atoms with Crippen molar-refractivity contribution in [2.75, 3.05) is 32.2 Å². The monoisotopic (exact) mass is 747 g/mol. The molecule has 3 heterocycles. The van der Waals surface area contributed by atoms with E-state index in [2.05, 4.69) is 51.8 Å². The first-order valence-corrected chi connectivity index (χ1v) is 19.4. The van der Waals surface area contributed by atoms with Gasteiger partial charge in [0.2, 0.25) is 17.7 Å². The molecule has 3 N–H and O–H groups in total. The van der Waals surface area contributed by atoms with Crippen molar-refractivity contribution in [1.82, 2.24) is 30.5 Å². The Bertz CT molecular complexity index is 1710. The molecule has 1 aromatic carbocycles. The molecule has 1 aliphatic carbocycles. The Morgan fingerprint density at radius 2 is 1.56 bits per heavy atom. The molecule has 3 atom stereocenters. The smallest absolute Gasteiger partial charge is 0.407 e. The van der Waals surface area contributed by atoms with E-state index in [0.717, 1.165) is 68.3 Å². The maximum Gasteiger partial charge on any atom is 0.407 e. The van der Waals surface area contributed by atoms with E-state index in [0.29, 0.717) is 30.8 Å². The summed E-state index contributed by atoms with van der Waals surface area (Å²) in [6.45, 7) is 10.7. The van der Waals surface area contributed by atoms with Gasteiger partial charge < -0.3 is 34.4 Å². The third kappa shape index (κ3) is 9.43. The van der Waals surface area contributed by atoms with Crippen molar-refractivity contribution >= 4 is 29.9 Å². The van der Waals surface area contributed by atoms with E-state index in [1.54, 1.807) is 22.3 Å². The van der Waals surface area contributed by atoms with Gasteiger partial charge in [-0.2, -0.15) is 0 Å². The summed E-state index contributed by atoms with van der Waals surface area (Å²) in [5, 5.41) is 5.37. The van der Waals surface area contributed by atoms with Crippen LogP contribution in [0.5, 0.6) is 0 Å². The number of anilines is 1. The second-order valence-electron chi connectivity index (χ2n) is 15.1. The van der Waals surface area contributed by atoms with Crippen LogP contribution in [0, 0.1) is 11.8 Å². The number of aromatic nitrogens is 3. The van der Waals surface area contributed by atoms with E-state index in [1.165, 1.54) is 19.8 Å². The van der Waals surface area contributed by atoms with Crippen molar-refractivity contribution in [3.8, 4) is 11.3 Å². The number of methoxy groups -OCH3 is 2. The maximum atomic E-state index is 13.7. The van der Waals surface area contributed by atoms with E-state index in [9.17, 15) is 19.2 Å². The van der Waals surface area contributed by atoms with Gasteiger partial charge in [0, 0.05) is 19.0 Å². The minimum atomic E-state index is -0.752. The Kier molecular flexibility index (Phi) is 13.8. The molecule has 1 saturated carbocycles. The number of benzene rings is 1. The molecule has 1 unspecified atom stereocenters. The molecule has 54 heavy (non-hydrogen) atoms. The number of nitrogens with one attached hydrogen (secondary N) is 3. The summed E-state index contributed by atoms with van der Waals surface area (Å²) < 4.78 is 15.5. The zero-order valence-corrected chi connectivity index (χ0v) is 32.7. The van der Waals surface area contributed by atoms with E-state index in [-0.39, 0.29) is 35.6 Å².